The lowest BCUT2D eigenvalue weighted by Gasteiger charge is -2.20. The van der Waals surface area contributed by atoms with Gasteiger partial charge in [0.1, 0.15) is 0 Å². The zero-order chi connectivity index (χ0) is 9.07. The van der Waals surface area contributed by atoms with E-state index in [0.29, 0.717) is 0 Å². The predicted octanol–water partition coefficient (Wildman–Crippen LogP) is 0.826. The van der Waals surface area contributed by atoms with Crippen LogP contribution < -0.4 is 0 Å². The topological polar surface area (TPSA) is 20.3 Å². The van der Waals surface area contributed by atoms with Crippen LogP contribution in [0.3, 0.4) is 0 Å². The lowest BCUT2D eigenvalue weighted by atomic mass is 10.1. The van der Waals surface area contributed by atoms with E-state index in [-0.39, 0.29) is 6.54 Å². The highest BCUT2D eigenvalue weighted by Gasteiger charge is 2.29. The molecule has 0 aromatic carbocycles. The van der Waals surface area contributed by atoms with Crippen molar-refractivity contribution in [2.45, 2.75) is 19.5 Å². The van der Waals surface area contributed by atoms with E-state index in [1.54, 1.807) is 0 Å². The van der Waals surface area contributed by atoms with Crippen LogP contribution in [0.25, 0.3) is 0 Å². The summed E-state index contributed by atoms with van der Waals surface area (Å²) in [5, 5.41) is 0. The van der Waals surface area contributed by atoms with Crippen molar-refractivity contribution in [3.05, 3.63) is 0 Å². The van der Waals surface area contributed by atoms with Gasteiger partial charge < -0.3 is 4.90 Å². The monoisotopic (exact) mass is 157 g/mol. The van der Waals surface area contributed by atoms with Crippen molar-refractivity contribution >= 4 is 5.91 Å². The third kappa shape index (κ3) is 3.03. The SMILES string of the molecule is C#CCN(C)C(=O)C(C)(C)F. The fourth-order valence-electron chi connectivity index (χ4n) is 0.663. The zero-order valence-electron chi connectivity index (χ0n) is 7.02. The summed E-state index contributed by atoms with van der Waals surface area (Å²) in [7, 11) is 1.48. The molecule has 0 aromatic rings. The summed E-state index contributed by atoms with van der Waals surface area (Å²) in [5.41, 5.74) is -1.83. The molecule has 0 N–H and O–H groups in total. The Morgan fingerprint density at radius 3 is 2.45 bits per heavy atom. The van der Waals surface area contributed by atoms with E-state index in [4.69, 9.17) is 6.42 Å². The summed E-state index contributed by atoms with van der Waals surface area (Å²) in [5.74, 6) is 1.67. The van der Waals surface area contributed by atoms with E-state index in [1.807, 2.05) is 0 Å². The van der Waals surface area contributed by atoms with Crippen molar-refractivity contribution in [1.29, 1.82) is 0 Å². The summed E-state index contributed by atoms with van der Waals surface area (Å²) in [6.45, 7) is 2.57. The van der Waals surface area contributed by atoms with Gasteiger partial charge in [0.05, 0.1) is 6.54 Å². The first kappa shape index (κ1) is 9.96. The van der Waals surface area contributed by atoms with Gasteiger partial charge in [-0.1, -0.05) is 5.92 Å². The lowest BCUT2D eigenvalue weighted by Crippen LogP contribution is -2.40. The van der Waals surface area contributed by atoms with Crippen molar-refractivity contribution in [3.8, 4) is 12.3 Å². The second-order valence-electron chi connectivity index (χ2n) is 2.84. The van der Waals surface area contributed by atoms with E-state index in [0.717, 1.165) is 0 Å². The van der Waals surface area contributed by atoms with Crippen LogP contribution in [0.4, 0.5) is 4.39 Å². The molecule has 1 amide bonds. The maximum absolute atomic E-state index is 12.9. The minimum atomic E-state index is -1.83. The van der Waals surface area contributed by atoms with Crippen LogP contribution in [0.1, 0.15) is 13.8 Å². The average Bonchev–Trinajstić information content (AvgIpc) is 1.85. The highest BCUT2D eigenvalue weighted by molar-refractivity contribution is 5.84. The van der Waals surface area contributed by atoms with Gasteiger partial charge in [-0.05, 0) is 13.8 Å². The first-order chi connectivity index (χ1) is 4.89. The molecule has 3 heteroatoms. The Kier molecular flexibility index (Phi) is 3.06. The Bertz CT molecular complexity index is 187. The fourth-order valence-corrected chi connectivity index (χ4v) is 0.663. The van der Waals surface area contributed by atoms with Crippen LogP contribution in [-0.2, 0) is 4.79 Å². The minimum Gasteiger partial charge on any atom is -0.332 e. The van der Waals surface area contributed by atoms with E-state index < -0.39 is 11.6 Å². The van der Waals surface area contributed by atoms with Crippen molar-refractivity contribution in [2.24, 2.45) is 0 Å². The minimum absolute atomic E-state index is 0.145. The van der Waals surface area contributed by atoms with E-state index >= 15 is 0 Å². The van der Waals surface area contributed by atoms with E-state index in [9.17, 15) is 9.18 Å². The standard InChI is InChI=1S/C8H12FNO/c1-5-6-10(4)7(11)8(2,3)9/h1H,6H2,2-4H3. The zero-order valence-corrected chi connectivity index (χ0v) is 7.02. The highest BCUT2D eigenvalue weighted by atomic mass is 19.1. The molecule has 0 bridgehead atoms. The van der Waals surface area contributed by atoms with Gasteiger partial charge in [0, 0.05) is 7.05 Å². The van der Waals surface area contributed by atoms with Gasteiger partial charge in [-0.15, -0.1) is 6.42 Å². The molecule has 0 aliphatic carbocycles. The van der Waals surface area contributed by atoms with Crippen LogP contribution >= 0.6 is 0 Å². The van der Waals surface area contributed by atoms with Crippen molar-refractivity contribution in [3.63, 3.8) is 0 Å². The summed E-state index contributed by atoms with van der Waals surface area (Å²) in [6.07, 6.45) is 4.94. The quantitative estimate of drug-likeness (QED) is 0.543. The number of rotatable bonds is 2. The Morgan fingerprint density at radius 2 is 2.18 bits per heavy atom. The third-order valence-electron chi connectivity index (χ3n) is 1.18. The maximum atomic E-state index is 12.9. The Balaban J connectivity index is 4.17. The second kappa shape index (κ2) is 3.38. The van der Waals surface area contributed by atoms with Crippen molar-refractivity contribution in [1.82, 2.24) is 4.90 Å². The molecular weight excluding hydrogens is 145 g/mol. The highest BCUT2D eigenvalue weighted by Crippen LogP contribution is 2.10. The van der Waals surface area contributed by atoms with Gasteiger partial charge in [-0.2, -0.15) is 0 Å². The van der Waals surface area contributed by atoms with E-state index in [1.165, 1.54) is 25.8 Å². The molecule has 62 valence electrons. The Hall–Kier alpha value is -1.04. The normalized spacial score (nSPS) is 10.5. The first-order valence-corrected chi connectivity index (χ1v) is 3.27. The van der Waals surface area contributed by atoms with Crippen molar-refractivity contribution < 1.29 is 9.18 Å². The maximum Gasteiger partial charge on any atom is 0.260 e. The Morgan fingerprint density at radius 1 is 1.73 bits per heavy atom. The number of amides is 1. The molecule has 0 radical (unpaired) electrons. The van der Waals surface area contributed by atoms with Crippen LogP contribution in [0.15, 0.2) is 0 Å². The van der Waals surface area contributed by atoms with Gasteiger partial charge in [0.25, 0.3) is 5.91 Å². The molecule has 0 aliphatic heterocycles. The summed E-state index contributed by atoms with van der Waals surface area (Å²) < 4.78 is 12.9. The molecule has 0 heterocycles. The number of terminal acetylenes is 1. The van der Waals surface area contributed by atoms with Crippen molar-refractivity contribution in [2.75, 3.05) is 13.6 Å². The molecule has 0 saturated carbocycles. The third-order valence-corrected chi connectivity index (χ3v) is 1.18. The molecule has 0 aromatic heterocycles. The summed E-state index contributed by atoms with van der Waals surface area (Å²) in [6, 6.07) is 0. The number of carbonyl (C=O) groups is 1. The van der Waals surface area contributed by atoms with Gasteiger partial charge in [-0.25, -0.2) is 4.39 Å². The fraction of sp³-hybridized carbons (Fsp3) is 0.625. The molecule has 0 rings (SSSR count). The molecule has 0 aliphatic rings. The number of alkyl halides is 1. The average molecular weight is 157 g/mol. The van der Waals surface area contributed by atoms with Crippen LogP contribution in [0.2, 0.25) is 0 Å². The molecular formula is C8H12FNO. The van der Waals surface area contributed by atoms with Crippen LogP contribution in [0.5, 0.6) is 0 Å². The predicted molar refractivity (Wildman–Crippen MR) is 41.7 cm³/mol. The lowest BCUT2D eigenvalue weighted by molar-refractivity contribution is -0.139. The van der Waals surface area contributed by atoms with Crippen LogP contribution in [0, 0.1) is 12.3 Å². The molecule has 0 spiro atoms. The smallest absolute Gasteiger partial charge is 0.260 e. The molecule has 0 fully saturated rings. The van der Waals surface area contributed by atoms with Gasteiger partial charge in [-0.3, -0.25) is 4.79 Å². The Labute approximate surface area is 66.4 Å². The number of nitrogens with zero attached hydrogens (tertiary/aromatic N) is 1. The molecule has 0 saturated heterocycles. The molecule has 2 nitrogen and oxygen atoms in total. The van der Waals surface area contributed by atoms with E-state index in [2.05, 4.69) is 5.92 Å². The number of carbonyl (C=O) groups excluding carboxylic acids is 1. The second-order valence-corrected chi connectivity index (χ2v) is 2.84. The largest absolute Gasteiger partial charge is 0.332 e. The number of halogens is 1. The van der Waals surface area contributed by atoms with Crippen LogP contribution in [-0.4, -0.2) is 30.1 Å². The summed E-state index contributed by atoms with van der Waals surface area (Å²) >= 11 is 0. The molecule has 0 unspecified atom stereocenters. The first-order valence-electron chi connectivity index (χ1n) is 3.27. The summed E-state index contributed by atoms with van der Waals surface area (Å²) in [4.78, 5) is 12.2. The van der Waals surface area contributed by atoms with Gasteiger partial charge in [0.15, 0.2) is 5.67 Å². The molecule has 11 heavy (non-hydrogen) atoms. The van der Waals surface area contributed by atoms with Gasteiger partial charge >= 0.3 is 0 Å². The van der Waals surface area contributed by atoms with Gasteiger partial charge in [0.2, 0.25) is 0 Å². The number of hydrogen-bond donors (Lipinski definition) is 0. The molecule has 0 atom stereocenters. The number of hydrogen-bond acceptors (Lipinski definition) is 1.